The Morgan fingerprint density at radius 2 is 2.29 bits per heavy atom. The highest BCUT2D eigenvalue weighted by molar-refractivity contribution is 5.90. The van der Waals surface area contributed by atoms with Crippen LogP contribution in [0, 0.1) is 17.3 Å². The van der Waals surface area contributed by atoms with Crippen LogP contribution in [-0.2, 0) is 9.59 Å². The highest BCUT2D eigenvalue weighted by Gasteiger charge is 2.47. The lowest BCUT2D eigenvalue weighted by molar-refractivity contribution is -0.137. The number of Topliss-reactive ketones (excluding diaryl/α,β-unsaturated/α-hetero) is 1. The molecular formula is C12H16O2. The molecule has 1 saturated carbocycles. The molecule has 0 heterocycles. The van der Waals surface area contributed by atoms with E-state index in [0.29, 0.717) is 18.1 Å². The lowest BCUT2D eigenvalue weighted by atomic mass is 9.58. The molecule has 3 rings (SSSR count). The molecule has 2 heteroatoms. The summed E-state index contributed by atoms with van der Waals surface area (Å²) in [7, 11) is 0. The maximum atomic E-state index is 12.0. The van der Waals surface area contributed by atoms with E-state index in [4.69, 9.17) is 0 Å². The van der Waals surface area contributed by atoms with Crippen LogP contribution in [0.25, 0.3) is 0 Å². The summed E-state index contributed by atoms with van der Waals surface area (Å²) in [5, 5.41) is 0. The van der Waals surface area contributed by atoms with Crippen LogP contribution in [0.3, 0.4) is 0 Å². The number of aldehydes is 1. The van der Waals surface area contributed by atoms with E-state index in [1.54, 1.807) is 0 Å². The predicted molar refractivity (Wildman–Crippen MR) is 53.8 cm³/mol. The van der Waals surface area contributed by atoms with Gasteiger partial charge in [0.25, 0.3) is 0 Å². The summed E-state index contributed by atoms with van der Waals surface area (Å²) in [6, 6.07) is 0. The maximum absolute atomic E-state index is 12.0. The zero-order valence-electron chi connectivity index (χ0n) is 8.53. The summed E-state index contributed by atoms with van der Waals surface area (Å²) < 4.78 is 0. The Bertz CT molecular complexity index is 293. The molecule has 3 aliphatic rings. The van der Waals surface area contributed by atoms with Crippen molar-refractivity contribution in [1.29, 1.82) is 0 Å². The molecule has 0 aromatic carbocycles. The standard InChI is InChI=1S/C12H16O2/c1-12(7-2-8-13)10-5-3-9(4-6-10)11(12)14/h3,5,8-10H,2,4,6-7H2,1H3. The molecule has 3 atom stereocenters. The molecule has 76 valence electrons. The van der Waals surface area contributed by atoms with E-state index in [9.17, 15) is 9.59 Å². The average molecular weight is 192 g/mol. The fraction of sp³-hybridized carbons (Fsp3) is 0.667. The molecule has 0 aromatic heterocycles. The zero-order chi connectivity index (χ0) is 10.2. The van der Waals surface area contributed by atoms with Crippen molar-refractivity contribution in [1.82, 2.24) is 0 Å². The van der Waals surface area contributed by atoms with E-state index in [1.165, 1.54) is 0 Å². The van der Waals surface area contributed by atoms with Crippen molar-refractivity contribution < 1.29 is 9.59 Å². The fourth-order valence-electron chi connectivity index (χ4n) is 2.84. The van der Waals surface area contributed by atoms with Crippen molar-refractivity contribution in [2.45, 2.75) is 32.6 Å². The Hall–Kier alpha value is -0.920. The number of ketones is 1. The first-order chi connectivity index (χ1) is 6.68. The number of hydrogen-bond acceptors (Lipinski definition) is 2. The smallest absolute Gasteiger partial charge is 0.146 e. The van der Waals surface area contributed by atoms with Gasteiger partial charge >= 0.3 is 0 Å². The Labute approximate surface area is 84.4 Å². The lowest BCUT2D eigenvalue weighted by Gasteiger charge is -2.44. The van der Waals surface area contributed by atoms with E-state index in [-0.39, 0.29) is 11.3 Å². The van der Waals surface area contributed by atoms with Crippen LogP contribution >= 0.6 is 0 Å². The van der Waals surface area contributed by atoms with Gasteiger partial charge in [0.1, 0.15) is 12.1 Å². The number of carbonyl (C=O) groups excluding carboxylic acids is 2. The van der Waals surface area contributed by atoms with Crippen molar-refractivity contribution in [2.75, 3.05) is 0 Å². The molecule has 0 amide bonds. The summed E-state index contributed by atoms with van der Waals surface area (Å²) in [4.78, 5) is 22.4. The first-order valence-electron chi connectivity index (χ1n) is 5.35. The largest absolute Gasteiger partial charge is 0.303 e. The van der Waals surface area contributed by atoms with Crippen molar-refractivity contribution in [3.05, 3.63) is 12.2 Å². The average Bonchev–Trinajstić information content (AvgIpc) is 2.23. The normalized spacial score (nSPS) is 40.2. The molecule has 0 spiro atoms. The van der Waals surface area contributed by atoms with Crippen LogP contribution in [0.15, 0.2) is 12.2 Å². The first kappa shape index (κ1) is 9.63. The minimum atomic E-state index is -0.251. The quantitative estimate of drug-likeness (QED) is 0.507. The van der Waals surface area contributed by atoms with Crippen LogP contribution in [0.1, 0.15) is 32.6 Å². The molecule has 3 unspecified atom stereocenters. The van der Waals surface area contributed by atoms with Gasteiger partial charge in [0.15, 0.2) is 0 Å². The van der Waals surface area contributed by atoms with E-state index in [1.807, 2.05) is 6.92 Å². The Balaban J connectivity index is 2.22. The van der Waals surface area contributed by atoms with Crippen LogP contribution < -0.4 is 0 Å². The third-order valence-corrected chi connectivity index (χ3v) is 3.86. The van der Waals surface area contributed by atoms with E-state index >= 15 is 0 Å². The molecule has 0 N–H and O–H groups in total. The minimum Gasteiger partial charge on any atom is -0.303 e. The monoisotopic (exact) mass is 192 g/mol. The van der Waals surface area contributed by atoms with Crippen LogP contribution in [0.4, 0.5) is 0 Å². The highest BCUT2D eigenvalue weighted by Crippen LogP contribution is 2.48. The molecule has 0 aromatic rings. The van der Waals surface area contributed by atoms with E-state index in [0.717, 1.165) is 25.5 Å². The summed E-state index contributed by atoms with van der Waals surface area (Å²) >= 11 is 0. The molecule has 0 saturated heterocycles. The van der Waals surface area contributed by atoms with Crippen molar-refractivity contribution in [3.63, 3.8) is 0 Å². The third-order valence-electron chi connectivity index (χ3n) is 3.86. The van der Waals surface area contributed by atoms with Crippen molar-refractivity contribution >= 4 is 12.1 Å². The van der Waals surface area contributed by atoms with Gasteiger partial charge in [-0.2, -0.15) is 0 Å². The Kier molecular flexibility index (Phi) is 2.30. The van der Waals surface area contributed by atoms with Crippen LogP contribution in [0.5, 0.6) is 0 Å². The molecule has 14 heavy (non-hydrogen) atoms. The van der Waals surface area contributed by atoms with Crippen molar-refractivity contribution in [3.8, 4) is 0 Å². The summed E-state index contributed by atoms with van der Waals surface area (Å²) in [5.41, 5.74) is -0.251. The molecule has 2 nitrogen and oxygen atoms in total. The number of allylic oxidation sites excluding steroid dienone is 2. The van der Waals surface area contributed by atoms with Gasteiger partial charge in [-0.15, -0.1) is 0 Å². The molecule has 0 radical (unpaired) electrons. The molecular weight excluding hydrogens is 176 g/mol. The highest BCUT2D eigenvalue weighted by atomic mass is 16.1. The van der Waals surface area contributed by atoms with Gasteiger partial charge in [0.2, 0.25) is 0 Å². The molecule has 1 fully saturated rings. The SMILES string of the molecule is CC1(CCC=O)C(=O)C2C=CC1CC2. The number of hydrogen-bond donors (Lipinski definition) is 0. The second kappa shape index (κ2) is 3.34. The fourth-order valence-corrected chi connectivity index (χ4v) is 2.84. The van der Waals surface area contributed by atoms with Gasteiger partial charge in [0.05, 0.1) is 0 Å². The topological polar surface area (TPSA) is 34.1 Å². The molecule has 0 aliphatic heterocycles. The number of carbonyl (C=O) groups is 2. The molecule has 3 aliphatic carbocycles. The predicted octanol–water partition coefficient (Wildman–Crippen LogP) is 2.14. The van der Waals surface area contributed by atoms with Gasteiger partial charge in [-0.05, 0) is 25.2 Å². The van der Waals surface area contributed by atoms with E-state index < -0.39 is 0 Å². The Morgan fingerprint density at radius 1 is 1.50 bits per heavy atom. The van der Waals surface area contributed by atoms with Gasteiger partial charge in [0, 0.05) is 17.8 Å². The summed E-state index contributed by atoms with van der Waals surface area (Å²) in [6.07, 6.45) is 8.52. The van der Waals surface area contributed by atoms with Crippen LogP contribution in [0.2, 0.25) is 0 Å². The number of rotatable bonds is 3. The first-order valence-corrected chi connectivity index (χ1v) is 5.35. The van der Waals surface area contributed by atoms with Gasteiger partial charge < -0.3 is 4.79 Å². The second-order valence-electron chi connectivity index (χ2n) is 4.66. The third kappa shape index (κ3) is 1.24. The second-order valence-corrected chi connectivity index (χ2v) is 4.66. The van der Waals surface area contributed by atoms with Crippen LogP contribution in [-0.4, -0.2) is 12.1 Å². The van der Waals surface area contributed by atoms with Gasteiger partial charge in [-0.1, -0.05) is 19.1 Å². The van der Waals surface area contributed by atoms with Crippen molar-refractivity contribution in [2.24, 2.45) is 17.3 Å². The maximum Gasteiger partial charge on any atom is 0.146 e. The van der Waals surface area contributed by atoms with Gasteiger partial charge in [-0.3, -0.25) is 4.79 Å². The van der Waals surface area contributed by atoms with Gasteiger partial charge in [-0.25, -0.2) is 0 Å². The lowest BCUT2D eigenvalue weighted by Crippen LogP contribution is -2.45. The minimum absolute atomic E-state index is 0.136. The van der Waals surface area contributed by atoms with E-state index in [2.05, 4.69) is 12.2 Å². The summed E-state index contributed by atoms with van der Waals surface area (Å²) in [6.45, 7) is 2.03. The number of fused-ring (bicyclic) bond motifs is 2. The Morgan fingerprint density at radius 3 is 2.79 bits per heavy atom. The zero-order valence-corrected chi connectivity index (χ0v) is 8.53. The summed E-state index contributed by atoms with van der Waals surface area (Å²) in [5.74, 6) is 0.870. The molecule has 2 bridgehead atoms.